The first-order chi connectivity index (χ1) is 11.6. The number of ether oxygens (including phenoxy) is 2. The molecule has 0 fully saturated rings. The van der Waals surface area contributed by atoms with Crippen LogP contribution in [0.2, 0.25) is 0 Å². The van der Waals surface area contributed by atoms with Crippen LogP contribution in [-0.4, -0.2) is 25.0 Å². The highest BCUT2D eigenvalue weighted by atomic mass is 19.4. The minimum Gasteiger partial charge on any atom is -0.500 e. The molecule has 0 aromatic heterocycles. The molecular weight excluding hydrogens is 358 g/mol. The van der Waals surface area contributed by atoms with Crippen LogP contribution in [0.25, 0.3) is 0 Å². The predicted octanol–water partition coefficient (Wildman–Crippen LogP) is 3.79. The van der Waals surface area contributed by atoms with Gasteiger partial charge in [-0.1, -0.05) is 0 Å². The first kappa shape index (κ1) is 20.5. The number of rotatable bonds is 6. The Balaban J connectivity index is 3.63. The Hall–Kier alpha value is -2.52. The average molecular weight is 370 g/mol. The second-order valence-electron chi connectivity index (χ2n) is 4.44. The largest absolute Gasteiger partial charge is 0.500 e. The van der Waals surface area contributed by atoms with Crippen molar-refractivity contribution in [3.8, 4) is 0 Å². The van der Waals surface area contributed by atoms with E-state index in [-0.39, 0.29) is 19.3 Å². The van der Waals surface area contributed by atoms with Crippen molar-refractivity contribution in [2.75, 3.05) is 13.2 Å². The van der Waals surface area contributed by atoms with Gasteiger partial charge in [-0.25, -0.2) is 18.0 Å². The van der Waals surface area contributed by atoms with Gasteiger partial charge in [-0.15, -0.1) is 0 Å². The topological polar surface area (TPSA) is 52.6 Å². The average Bonchev–Trinajstić information content (AvgIpc) is 2.51. The molecule has 0 bridgehead atoms. The summed E-state index contributed by atoms with van der Waals surface area (Å²) in [6, 6.07) is -0.366. The monoisotopic (exact) mass is 370 g/mol. The van der Waals surface area contributed by atoms with E-state index in [1.54, 1.807) is 0 Å². The molecule has 0 saturated heterocycles. The van der Waals surface area contributed by atoms with Gasteiger partial charge < -0.3 is 9.47 Å². The zero-order valence-corrected chi connectivity index (χ0v) is 13.0. The normalized spacial score (nSPS) is 12.1. The molecule has 0 aliphatic carbocycles. The molecule has 138 valence electrons. The van der Waals surface area contributed by atoms with Crippen LogP contribution in [0, 0.1) is 17.5 Å². The number of esters is 1. The van der Waals surface area contributed by atoms with Gasteiger partial charge in [0.2, 0.25) is 5.78 Å². The quantitative estimate of drug-likeness (QED) is 0.112. The molecule has 1 rings (SSSR count). The lowest BCUT2D eigenvalue weighted by atomic mass is 9.97. The number of alkyl halides is 3. The van der Waals surface area contributed by atoms with Crippen LogP contribution >= 0.6 is 0 Å². The highest BCUT2D eigenvalue weighted by molar-refractivity contribution is 6.24. The van der Waals surface area contributed by atoms with Gasteiger partial charge in [-0.3, -0.25) is 4.79 Å². The van der Waals surface area contributed by atoms with Gasteiger partial charge in [0.05, 0.1) is 24.3 Å². The molecule has 1 aromatic carbocycles. The minimum atomic E-state index is -5.38. The summed E-state index contributed by atoms with van der Waals surface area (Å²) in [7, 11) is 0. The number of carbonyl (C=O) groups is 2. The predicted molar refractivity (Wildman–Crippen MR) is 72.0 cm³/mol. The first-order valence-electron chi connectivity index (χ1n) is 6.84. The molecule has 0 aliphatic heterocycles. The minimum absolute atomic E-state index is 0.0808. The van der Waals surface area contributed by atoms with E-state index in [0.717, 1.165) is 0 Å². The molecule has 0 spiro atoms. The fraction of sp³-hybridized carbons (Fsp3) is 0.333. The van der Waals surface area contributed by atoms with Gasteiger partial charge >= 0.3 is 12.1 Å². The summed E-state index contributed by atoms with van der Waals surface area (Å²) in [6.07, 6.45) is -4.91. The Bertz CT molecular complexity index is 709. The highest BCUT2D eigenvalue weighted by Crippen LogP contribution is 2.36. The molecule has 25 heavy (non-hydrogen) atoms. The third-order valence-electron chi connectivity index (χ3n) is 2.80. The molecule has 0 radical (unpaired) electrons. The molecule has 0 unspecified atom stereocenters. The summed E-state index contributed by atoms with van der Waals surface area (Å²) in [5.41, 5.74) is -5.01. The highest BCUT2D eigenvalue weighted by Gasteiger charge is 2.41. The van der Waals surface area contributed by atoms with E-state index in [9.17, 15) is 35.9 Å². The maximum Gasteiger partial charge on any atom is 0.417 e. The fourth-order valence-corrected chi connectivity index (χ4v) is 1.75. The number of ketones is 1. The van der Waals surface area contributed by atoms with Crippen molar-refractivity contribution in [1.82, 2.24) is 0 Å². The summed E-state index contributed by atoms with van der Waals surface area (Å²) in [4.78, 5) is 24.0. The number of hydrogen-bond donors (Lipinski definition) is 0. The number of halogens is 6. The molecular formula is C15H12F6O4. The summed E-state index contributed by atoms with van der Waals surface area (Å²) < 4.78 is 88.5. The molecule has 0 heterocycles. The van der Waals surface area contributed by atoms with Crippen molar-refractivity contribution >= 4 is 11.8 Å². The number of carbonyl (C=O) groups excluding carboxylic acids is 2. The first-order valence-corrected chi connectivity index (χ1v) is 6.84. The van der Waals surface area contributed by atoms with Crippen molar-refractivity contribution in [2.24, 2.45) is 0 Å². The lowest BCUT2D eigenvalue weighted by Gasteiger charge is -2.15. The number of Topliss-reactive ketones (excluding diaryl/α,β-unsaturated/α-hetero) is 1. The van der Waals surface area contributed by atoms with Crippen molar-refractivity contribution in [3.63, 3.8) is 0 Å². The van der Waals surface area contributed by atoms with E-state index in [2.05, 4.69) is 9.47 Å². The Morgan fingerprint density at radius 1 is 1.08 bits per heavy atom. The van der Waals surface area contributed by atoms with E-state index in [1.807, 2.05) is 0 Å². The van der Waals surface area contributed by atoms with Crippen LogP contribution in [0.3, 0.4) is 0 Å². The Kier molecular flexibility index (Phi) is 6.60. The van der Waals surface area contributed by atoms with Crippen LogP contribution in [0.15, 0.2) is 17.9 Å². The molecule has 0 amide bonds. The molecule has 4 nitrogen and oxygen atoms in total. The van der Waals surface area contributed by atoms with Gasteiger partial charge in [-0.05, 0) is 19.9 Å². The summed E-state index contributed by atoms with van der Waals surface area (Å²) >= 11 is 0. The molecule has 1 aromatic rings. The summed E-state index contributed by atoms with van der Waals surface area (Å²) in [5.74, 6) is -10.0. The Labute approximate surface area is 138 Å². The fourth-order valence-electron chi connectivity index (χ4n) is 1.75. The molecule has 0 saturated carbocycles. The van der Waals surface area contributed by atoms with Crippen LogP contribution in [0.4, 0.5) is 26.3 Å². The molecule has 0 atom stereocenters. The maximum absolute atomic E-state index is 13.9. The summed E-state index contributed by atoms with van der Waals surface area (Å²) in [6.45, 7) is 2.45. The zero-order valence-electron chi connectivity index (χ0n) is 13.0. The molecule has 0 aliphatic rings. The third kappa shape index (κ3) is 4.52. The van der Waals surface area contributed by atoms with Crippen LogP contribution < -0.4 is 0 Å². The number of hydrogen-bond acceptors (Lipinski definition) is 4. The second kappa shape index (κ2) is 8.04. The maximum atomic E-state index is 13.9. The van der Waals surface area contributed by atoms with Crippen molar-refractivity contribution in [1.29, 1.82) is 0 Å². The van der Waals surface area contributed by atoms with Gasteiger partial charge in [-0.2, -0.15) is 13.2 Å². The van der Waals surface area contributed by atoms with Gasteiger partial charge in [0.15, 0.2) is 17.5 Å². The molecule has 0 N–H and O–H groups in total. The number of benzene rings is 1. The zero-order chi connectivity index (χ0) is 19.4. The SMILES string of the molecule is CCOC=C(C(=O)OCC)C(=O)c1c(C(F)(F)F)cc(F)c(F)c1F. The standard InChI is InChI=1S/C15H12F6O4/c1-3-24-6-7(14(23)25-4-2)13(22)10-8(15(19,20)21)5-9(16)11(17)12(10)18/h5-6H,3-4H2,1-2H3. The Morgan fingerprint density at radius 2 is 1.68 bits per heavy atom. The van der Waals surface area contributed by atoms with Crippen molar-refractivity contribution < 1.29 is 45.4 Å². The lowest BCUT2D eigenvalue weighted by molar-refractivity contribution is -0.139. The smallest absolute Gasteiger partial charge is 0.417 e. The van der Waals surface area contributed by atoms with E-state index < -0.39 is 52.1 Å². The molecule has 10 heteroatoms. The van der Waals surface area contributed by atoms with Crippen molar-refractivity contribution in [2.45, 2.75) is 20.0 Å². The van der Waals surface area contributed by atoms with Crippen molar-refractivity contribution in [3.05, 3.63) is 46.5 Å². The van der Waals surface area contributed by atoms with Gasteiger partial charge in [0.25, 0.3) is 0 Å². The third-order valence-corrected chi connectivity index (χ3v) is 2.80. The summed E-state index contributed by atoms with van der Waals surface area (Å²) in [5, 5.41) is 0. The van der Waals surface area contributed by atoms with E-state index >= 15 is 0 Å². The van der Waals surface area contributed by atoms with Gasteiger partial charge in [0, 0.05) is 0 Å². The Morgan fingerprint density at radius 3 is 2.16 bits per heavy atom. The van der Waals surface area contributed by atoms with Gasteiger partial charge in [0.1, 0.15) is 11.8 Å². The van der Waals surface area contributed by atoms with E-state index in [4.69, 9.17) is 0 Å². The van der Waals surface area contributed by atoms with Crippen LogP contribution in [-0.2, 0) is 20.4 Å². The van der Waals surface area contributed by atoms with E-state index in [0.29, 0.717) is 6.26 Å². The lowest BCUT2D eigenvalue weighted by Crippen LogP contribution is -2.23. The van der Waals surface area contributed by atoms with Crippen LogP contribution in [0.1, 0.15) is 29.8 Å². The second-order valence-corrected chi connectivity index (χ2v) is 4.44. The van der Waals surface area contributed by atoms with E-state index in [1.165, 1.54) is 13.8 Å². The van der Waals surface area contributed by atoms with Crippen LogP contribution in [0.5, 0.6) is 0 Å².